The zero-order valence-electron chi connectivity index (χ0n) is 17.2. The van der Waals surface area contributed by atoms with Gasteiger partial charge in [0.05, 0.1) is 18.6 Å². The van der Waals surface area contributed by atoms with Crippen LogP contribution >= 0.6 is 0 Å². The van der Waals surface area contributed by atoms with Gasteiger partial charge in [-0.3, -0.25) is 4.79 Å². The molecule has 2 aromatic carbocycles. The molecular weight excluding hydrogens is 358 g/mol. The summed E-state index contributed by atoms with van der Waals surface area (Å²) in [6.45, 7) is 0. The summed E-state index contributed by atoms with van der Waals surface area (Å²) in [5, 5.41) is 9.97. The molecule has 0 heterocycles. The third kappa shape index (κ3) is 4.08. The van der Waals surface area contributed by atoms with Gasteiger partial charge in [0.2, 0.25) is 0 Å². The molecule has 0 saturated heterocycles. The third-order valence-corrected chi connectivity index (χ3v) is 7.17. The van der Waals surface area contributed by atoms with Gasteiger partial charge in [0, 0.05) is 12.8 Å². The Balaban J connectivity index is 1.43. The lowest BCUT2D eigenvalue weighted by Gasteiger charge is -2.42. The minimum atomic E-state index is -0.282. The molecule has 0 N–H and O–H groups in total. The van der Waals surface area contributed by atoms with Crippen molar-refractivity contribution >= 4 is 5.78 Å². The van der Waals surface area contributed by atoms with Gasteiger partial charge in [0.1, 0.15) is 11.5 Å². The molecule has 0 aromatic heterocycles. The van der Waals surface area contributed by atoms with Crippen molar-refractivity contribution in [1.29, 1.82) is 5.26 Å². The maximum Gasteiger partial charge on any atom is 0.133 e. The van der Waals surface area contributed by atoms with Crippen molar-refractivity contribution in [1.82, 2.24) is 0 Å². The molecule has 0 amide bonds. The van der Waals surface area contributed by atoms with E-state index < -0.39 is 0 Å². The van der Waals surface area contributed by atoms with E-state index in [0.717, 1.165) is 44.3 Å². The van der Waals surface area contributed by atoms with Crippen LogP contribution in [0.2, 0.25) is 0 Å². The van der Waals surface area contributed by atoms with Crippen molar-refractivity contribution in [3.63, 3.8) is 0 Å². The fourth-order valence-electron chi connectivity index (χ4n) is 5.31. The minimum Gasteiger partial charge on any atom is -0.497 e. The Morgan fingerprint density at radius 1 is 0.966 bits per heavy atom. The van der Waals surface area contributed by atoms with E-state index in [2.05, 4.69) is 42.5 Å². The molecule has 2 aliphatic carbocycles. The van der Waals surface area contributed by atoms with E-state index >= 15 is 0 Å². The molecule has 0 spiro atoms. The van der Waals surface area contributed by atoms with Crippen LogP contribution in [-0.4, -0.2) is 12.9 Å². The number of nitrogens with zero attached hydrogens (tertiary/aromatic N) is 1. The summed E-state index contributed by atoms with van der Waals surface area (Å²) in [6, 6.07) is 19.7. The van der Waals surface area contributed by atoms with Crippen LogP contribution in [0.4, 0.5) is 0 Å². The zero-order valence-corrected chi connectivity index (χ0v) is 17.2. The molecule has 3 nitrogen and oxygen atoms in total. The lowest BCUT2D eigenvalue weighted by atomic mass is 9.60. The fourth-order valence-corrected chi connectivity index (χ4v) is 5.31. The first-order valence-corrected chi connectivity index (χ1v) is 10.8. The zero-order chi connectivity index (χ0) is 20.3. The second-order valence-electron chi connectivity index (χ2n) is 8.72. The summed E-state index contributed by atoms with van der Waals surface area (Å²) in [5.74, 6) is 2.01. The number of methoxy groups -OCH3 is 1. The molecule has 29 heavy (non-hydrogen) atoms. The molecule has 1 atom stereocenters. The monoisotopic (exact) mass is 387 g/mol. The van der Waals surface area contributed by atoms with Crippen molar-refractivity contribution in [3.05, 3.63) is 54.1 Å². The molecule has 2 aromatic rings. The van der Waals surface area contributed by atoms with Crippen molar-refractivity contribution in [2.45, 2.75) is 57.3 Å². The van der Waals surface area contributed by atoms with Gasteiger partial charge in [-0.2, -0.15) is 5.26 Å². The van der Waals surface area contributed by atoms with E-state index in [-0.39, 0.29) is 11.3 Å². The molecule has 0 unspecified atom stereocenters. The molecule has 4 rings (SSSR count). The highest BCUT2D eigenvalue weighted by Gasteiger charge is 2.43. The quantitative estimate of drug-likeness (QED) is 0.619. The van der Waals surface area contributed by atoms with E-state index in [4.69, 9.17) is 4.74 Å². The molecular formula is C26H29NO2. The van der Waals surface area contributed by atoms with Crippen molar-refractivity contribution in [2.24, 2.45) is 11.3 Å². The summed E-state index contributed by atoms with van der Waals surface area (Å²) in [4.78, 5) is 11.9. The van der Waals surface area contributed by atoms with Crippen molar-refractivity contribution in [3.8, 4) is 22.9 Å². The Kier molecular flexibility index (Phi) is 5.72. The van der Waals surface area contributed by atoms with Crippen LogP contribution in [0.3, 0.4) is 0 Å². The predicted octanol–water partition coefficient (Wildman–Crippen LogP) is 6.29. The smallest absolute Gasteiger partial charge is 0.133 e. The number of hydrogen-bond acceptors (Lipinski definition) is 3. The maximum atomic E-state index is 11.9. The number of carbonyl (C=O) groups is 1. The van der Waals surface area contributed by atoms with Crippen LogP contribution in [0, 0.1) is 22.7 Å². The van der Waals surface area contributed by atoms with E-state index in [0.29, 0.717) is 24.5 Å². The standard InChI is InChI=1S/C26H29NO2/c1-29-25-11-9-21(10-12-25)19-5-7-20(8-6-19)22-13-15-26(18-27,16-14-22)23-3-2-4-24(28)17-23/h5-12,22-23H,2-4,13-17H2,1H3/t22-,23-,26+/m1/s1. The van der Waals surface area contributed by atoms with Crippen LogP contribution in [0.15, 0.2) is 48.5 Å². The Morgan fingerprint density at radius 2 is 1.59 bits per heavy atom. The average Bonchev–Trinajstić information content (AvgIpc) is 2.79. The van der Waals surface area contributed by atoms with Gasteiger partial charge in [0.25, 0.3) is 0 Å². The van der Waals surface area contributed by atoms with Crippen LogP contribution in [0.1, 0.15) is 62.8 Å². The third-order valence-electron chi connectivity index (χ3n) is 7.17. The Labute approximate surface area is 173 Å². The van der Waals surface area contributed by atoms with E-state index in [9.17, 15) is 10.1 Å². The Hall–Kier alpha value is -2.60. The Bertz CT molecular complexity index is 884. The molecule has 150 valence electrons. The molecule has 2 fully saturated rings. The second-order valence-corrected chi connectivity index (χ2v) is 8.72. The number of hydrogen-bond donors (Lipinski definition) is 0. The predicted molar refractivity (Wildman–Crippen MR) is 115 cm³/mol. The number of carbonyl (C=O) groups excluding carboxylic acids is 1. The van der Waals surface area contributed by atoms with E-state index in [1.165, 1.54) is 16.7 Å². The summed E-state index contributed by atoms with van der Waals surface area (Å²) >= 11 is 0. The second kappa shape index (κ2) is 8.41. The van der Waals surface area contributed by atoms with E-state index in [1.54, 1.807) is 7.11 Å². The van der Waals surface area contributed by atoms with Gasteiger partial charge < -0.3 is 4.74 Å². The Morgan fingerprint density at radius 3 is 2.14 bits per heavy atom. The summed E-state index contributed by atoms with van der Waals surface area (Å²) in [5.41, 5.74) is 3.48. The lowest BCUT2D eigenvalue weighted by molar-refractivity contribution is -0.123. The number of rotatable bonds is 4. The minimum absolute atomic E-state index is 0.271. The topological polar surface area (TPSA) is 50.1 Å². The van der Waals surface area contributed by atoms with Crippen molar-refractivity contribution in [2.75, 3.05) is 7.11 Å². The number of Topliss-reactive ketones (excluding diaryl/α,β-unsaturated/α-hetero) is 1. The highest BCUT2D eigenvalue weighted by atomic mass is 16.5. The highest BCUT2D eigenvalue weighted by Crippen LogP contribution is 2.50. The van der Waals surface area contributed by atoms with Gasteiger partial charge in [-0.25, -0.2) is 0 Å². The van der Waals surface area contributed by atoms with Gasteiger partial charge in [-0.15, -0.1) is 0 Å². The van der Waals surface area contributed by atoms with Gasteiger partial charge in [-0.1, -0.05) is 36.4 Å². The number of benzene rings is 2. The van der Waals surface area contributed by atoms with Crippen molar-refractivity contribution < 1.29 is 9.53 Å². The first kappa shape index (κ1) is 19.7. The molecule has 0 aliphatic heterocycles. The molecule has 0 bridgehead atoms. The fraction of sp³-hybridized carbons (Fsp3) is 0.462. The first-order chi connectivity index (χ1) is 14.1. The number of ether oxygens (including phenoxy) is 1. The number of nitriles is 1. The maximum absolute atomic E-state index is 11.9. The highest BCUT2D eigenvalue weighted by molar-refractivity contribution is 5.79. The van der Waals surface area contributed by atoms with E-state index in [1.807, 2.05) is 12.1 Å². The van der Waals surface area contributed by atoms with Crippen LogP contribution in [0.25, 0.3) is 11.1 Å². The molecule has 0 radical (unpaired) electrons. The SMILES string of the molecule is COc1ccc(-c2ccc([C@H]3CC[C@@](C#N)([C@@H]4CCCC(=O)C4)CC3)cc2)cc1. The molecule has 3 heteroatoms. The van der Waals surface area contributed by atoms with Gasteiger partial charge in [0.15, 0.2) is 0 Å². The normalized spacial score (nSPS) is 27.2. The first-order valence-electron chi connectivity index (χ1n) is 10.8. The summed E-state index contributed by atoms with van der Waals surface area (Å²) in [7, 11) is 1.68. The summed E-state index contributed by atoms with van der Waals surface area (Å²) < 4.78 is 5.24. The average molecular weight is 388 g/mol. The van der Waals surface area contributed by atoms with Crippen LogP contribution < -0.4 is 4.74 Å². The van der Waals surface area contributed by atoms with Gasteiger partial charge >= 0.3 is 0 Å². The largest absolute Gasteiger partial charge is 0.497 e. The lowest BCUT2D eigenvalue weighted by Crippen LogP contribution is -2.36. The molecule has 2 saturated carbocycles. The molecule has 2 aliphatic rings. The van der Waals surface area contributed by atoms with Crippen LogP contribution in [-0.2, 0) is 4.79 Å². The number of ketones is 1. The van der Waals surface area contributed by atoms with Crippen LogP contribution in [0.5, 0.6) is 5.75 Å². The van der Waals surface area contributed by atoms with Gasteiger partial charge in [-0.05, 0) is 79.2 Å². The summed E-state index contributed by atoms with van der Waals surface area (Å²) in [6.07, 6.45) is 7.26.